The van der Waals surface area contributed by atoms with Crippen molar-refractivity contribution in [2.24, 2.45) is 0 Å². The van der Waals surface area contributed by atoms with E-state index in [1.165, 1.54) is 12.1 Å². The maximum absolute atomic E-state index is 13.6. The molecule has 1 aliphatic heterocycles. The van der Waals surface area contributed by atoms with Gasteiger partial charge in [-0.15, -0.1) is 0 Å². The predicted octanol–water partition coefficient (Wildman–Crippen LogP) is 3.76. The van der Waals surface area contributed by atoms with Crippen molar-refractivity contribution in [3.63, 3.8) is 0 Å². The largest absolute Gasteiger partial charge is 0.398 e. The standard InChI is InChI=1S/C16H14BrFN2O/c17-15-11(4-1-6-12(15)18)16(21)20-9-3-5-10-13(19)7-2-8-14(10)20/h1-2,4,6-8H,3,5,9,19H2. The summed E-state index contributed by atoms with van der Waals surface area (Å²) in [6, 6.07) is 10.0. The molecule has 0 unspecified atom stereocenters. The Morgan fingerprint density at radius 3 is 2.81 bits per heavy atom. The van der Waals surface area contributed by atoms with Gasteiger partial charge in [0.05, 0.1) is 10.0 Å². The zero-order valence-corrected chi connectivity index (χ0v) is 12.9. The summed E-state index contributed by atoms with van der Waals surface area (Å²) in [5, 5.41) is 0. The fourth-order valence-electron chi connectivity index (χ4n) is 2.68. The molecule has 5 heteroatoms. The molecule has 0 aromatic heterocycles. The lowest BCUT2D eigenvalue weighted by Gasteiger charge is -2.30. The highest BCUT2D eigenvalue weighted by Crippen LogP contribution is 2.33. The molecular formula is C16H14BrFN2O. The first-order valence-corrected chi connectivity index (χ1v) is 7.52. The molecule has 3 rings (SSSR count). The number of nitrogens with zero attached hydrogens (tertiary/aromatic N) is 1. The second kappa shape index (κ2) is 5.48. The number of hydrogen-bond donors (Lipinski definition) is 1. The summed E-state index contributed by atoms with van der Waals surface area (Å²) in [5.74, 6) is -0.654. The molecule has 0 fully saturated rings. The summed E-state index contributed by atoms with van der Waals surface area (Å²) in [7, 11) is 0. The van der Waals surface area contributed by atoms with Crippen LogP contribution in [-0.2, 0) is 6.42 Å². The van der Waals surface area contributed by atoms with Crippen LogP contribution in [0, 0.1) is 5.82 Å². The third-order valence-corrected chi connectivity index (χ3v) is 4.52. The molecule has 0 saturated carbocycles. The first-order valence-electron chi connectivity index (χ1n) is 6.73. The molecule has 108 valence electrons. The number of carbonyl (C=O) groups is 1. The lowest BCUT2D eigenvalue weighted by Crippen LogP contribution is -2.36. The van der Waals surface area contributed by atoms with Crippen LogP contribution in [0.15, 0.2) is 40.9 Å². The molecule has 1 amide bonds. The normalized spacial score (nSPS) is 13.9. The summed E-state index contributed by atoms with van der Waals surface area (Å²) >= 11 is 3.15. The van der Waals surface area contributed by atoms with Crippen molar-refractivity contribution >= 4 is 33.2 Å². The summed E-state index contributed by atoms with van der Waals surface area (Å²) < 4.78 is 13.8. The Hall–Kier alpha value is -1.88. The smallest absolute Gasteiger partial charge is 0.259 e. The number of amides is 1. The Bertz CT molecular complexity index is 717. The van der Waals surface area contributed by atoms with E-state index in [1.54, 1.807) is 11.0 Å². The highest BCUT2D eigenvalue weighted by molar-refractivity contribution is 9.10. The Balaban J connectivity index is 2.05. The van der Waals surface area contributed by atoms with Crippen molar-refractivity contribution in [2.45, 2.75) is 12.8 Å². The molecule has 21 heavy (non-hydrogen) atoms. The number of halogens is 2. The van der Waals surface area contributed by atoms with Gasteiger partial charge < -0.3 is 10.6 Å². The second-order valence-electron chi connectivity index (χ2n) is 5.01. The molecule has 0 spiro atoms. The molecule has 1 aliphatic rings. The Labute approximate surface area is 130 Å². The Morgan fingerprint density at radius 2 is 2.00 bits per heavy atom. The van der Waals surface area contributed by atoms with Gasteiger partial charge in [-0.2, -0.15) is 0 Å². The number of nitrogens with two attached hydrogens (primary N) is 1. The summed E-state index contributed by atoms with van der Waals surface area (Å²) in [6.07, 6.45) is 1.70. The average molecular weight is 349 g/mol. The molecule has 0 atom stereocenters. The molecule has 0 bridgehead atoms. The summed E-state index contributed by atoms with van der Waals surface area (Å²) in [4.78, 5) is 14.4. The second-order valence-corrected chi connectivity index (χ2v) is 5.80. The molecular weight excluding hydrogens is 335 g/mol. The number of fused-ring (bicyclic) bond motifs is 1. The molecule has 0 radical (unpaired) electrons. The fourth-order valence-corrected chi connectivity index (χ4v) is 3.11. The van der Waals surface area contributed by atoms with Crippen molar-refractivity contribution in [1.82, 2.24) is 0 Å². The quantitative estimate of drug-likeness (QED) is 0.797. The van der Waals surface area contributed by atoms with Crippen LogP contribution in [0.4, 0.5) is 15.8 Å². The van der Waals surface area contributed by atoms with Crippen LogP contribution in [0.1, 0.15) is 22.3 Å². The Kier molecular flexibility index (Phi) is 3.68. The van der Waals surface area contributed by atoms with Gasteiger partial charge in [-0.1, -0.05) is 12.1 Å². The van der Waals surface area contributed by atoms with E-state index in [2.05, 4.69) is 15.9 Å². The maximum atomic E-state index is 13.6. The number of rotatable bonds is 1. The highest BCUT2D eigenvalue weighted by atomic mass is 79.9. The van der Waals surface area contributed by atoms with Gasteiger partial charge in [0.15, 0.2) is 0 Å². The van der Waals surface area contributed by atoms with Crippen LogP contribution in [0.25, 0.3) is 0 Å². The molecule has 2 aromatic carbocycles. The lowest BCUT2D eigenvalue weighted by molar-refractivity contribution is 0.0984. The van der Waals surface area contributed by atoms with Crippen molar-refractivity contribution < 1.29 is 9.18 Å². The molecule has 0 aliphatic carbocycles. The van der Waals surface area contributed by atoms with Gasteiger partial charge in [0, 0.05) is 17.9 Å². The van der Waals surface area contributed by atoms with E-state index in [0.29, 0.717) is 17.8 Å². The number of benzene rings is 2. The van der Waals surface area contributed by atoms with Gasteiger partial charge >= 0.3 is 0 Å². The van der Waals surface area contributed by atoms with E-state index in [1.807, 2.05) is 18.2 Å². The van der Waals surface area contributed by atoms with Crippen LogP contribution in [0.2, 0.25) is 0 Å². The molecule has 0 saturated heterocycles. The predicted molar refractivity (Wildman–Crippen MR) is 85.0 cm³/mol. The number of anilines is 2. The van der Waals surface area contributed by atoms with E-state index in [-0.39, 0.29) is 10.4 Å². The first kappa shape index (κ1) is 14.1. The summed E-state index contributed by atoms with van der Waals surface area (Å²) in [6.45, 7) is 0.609. The van der Waals surface area contributed by atoms with Gasteiger partial charge in [0.1, 0.15) is 5.82 Å². The molecule has 2 N–H and O–H groups in total. The van der Waals surface area contributed by atoms with Crippen LogP contribution in [0.3, 0.4) is 0 Å². The van der Waals surface area contributed by atoms with Crippen molar-refractivity contribution in [1.29, 1.82) is 0 Å². The first-order chi connectivity index (χ1) is 10.1. The molecule has 2 aromatic rings. The van der Waals surface area contributed by atoms with E-state index >= 15 is 0 Å². The van der Waals surface area contributed by atoms with Crippen molar-refractivity contribution in [3.05, 3.63) is 57.8 Å². The lowest BCUT2D eigenvalue weighted by atomic mass is 9.99. The van der Waals surface area contributed by atoms with E-state index in [9.17, 15) is 9.18 Å². The molecule has 1 heterocycles. The summed E-state index contributed by atoms with van der Waals surface area (Å²) in [5.41, 5.74) is 8.82. The van der Waals surface area contributed by atoms with Crippen LogP contribution < -0.4 is 10.6 Å². The van der Waals surface area contributed by atoms with Gasteiger partial charge in [0.2, 0.25) is 0 Å². The SMILES string of the molecule is Nc1cccc2c1CCCN2C(=O)c1cccc(F)c1Br. The van der Waals surface area contributed by atoms with Crippen LogP contribution >= 0.6 is 15.9 Å². The monoisotopic (exact) mass is 348 g/mol. The molecule has 3 nitrogen and oxygen atoms in total. The van der Waals surface area contributed by atoms with Gasteiger partial charge in [-0.3, -0.25) is 4.79 Å². The number of carbonyl (C=O) groups excluding carboxylic acids is 1. The zero-order valence-electron chi connectivity index (χ0n) is 11.3. The number of nitrogen functional groups attached to an aromatic ring is 1. The van der Waals surface area contributed by atoms with Gasteiger partial charge in [-0.25, -0.2) is 4.39 Å². The number of hydrogen-bond acceptors (Lipinski definition) is 2. The minimum absolute atomic E-state index is 0.200. The minimum atomic E-state index is -0.439. The minimum Gasteiger partial charge on any atom is -0.398 e. The Morgan fingerprint density at radius 1 is 1.24 bits per heavy atom. The van der Waals surface area contributed by atoms with Crippen LogP contribution in [0.5, 0.6) is 0 Å². The van der Waals surface area contributed by atoms with Gasteiger partial charge in [0.25, 0.3) is 5.91 Å². The van der Waals surface area contributed by atoms with E-state index in [4.69, 9.17) is 5.73 Å². The van der Waals surface area contributed by atoms with Crippen LogP contribution in [-0.4, -0.2) is 12.5 Å². The topological polar surface area (TPSA) is 46.3 Å². The third-order valence-electron chi connectivity index (χ3n) is 3.71. The zero-order chi connectivity index (χ0) is 15.0. The third kappa shape index (κ3) is 2.42. The fraction of sp³-hybridized carbons (Fsp3) is 0.188. The highest BCUT2D eigenvalue weighted by Gasteiger charge is 2.26. The average Bonchev–Trinajstić information content (AvgIpc) is 2.49. The van der Waals surface area contributed by atoms with Gasteiger partial charge in [-0.05, 0) is 58.6 Å². The maximum Gasteiger partial charge on any atom is 0.259 e. The van der Waals surface area contributed by atoms with Crippen molar-refractivity contribution in [2.75, 3.05) is 17.2 Å². The van der Waals surface area contributed by atoms with Crippen molar-refractivity contribution in [3.8, 4) is 0 Å². The van der Waals surface area contributed by atoms with E-state index < -0.39 is 5.82 Å². The van der Waals surface area contributed by atoms with E-state index in [0.717, 1.165) is 24.1 Å².